The van der Waals surface area contributed by atoms with Crippen molar-refractivity contribution in [2.75, 3.05) is 0 Å². The fourth-order valence-electron chi connectivity index (χ4n) is 1.83. The van der Waals surface area contributed by atoms with Crippen LogP contribution in [-0.2, 0) is 0 Å². The Hall–Kier alpha value is -1.80. The molecule has 0 saturated carbocycles. The first-order chi connectivity index (χ1) is 9.58. The van der Waals surface area contributed by atoms with Crippen LogP contribution in [-0.4, -0.2) is 0 Å². The number of hydrogen-bond acceptors (Lipinski definition) is 1. The van der Waals surface area contributed by atoms with E-state index in [4.69, 9.17) is 0 Å². The van der Waals surface area contributed by atoms with E-state index in [9.17, 15) is 4.39 Å². The minimum absolute atomic E-state index is 0.238. The Kier molecular flexibility index (Phi) is 4.80. The lowest BCUT2D eigenvalue weighted by Gasteiger charge is -2.11. The largest absolute Gasteiger partial charge is 0.207 e. The van der Waals surface area contributed by atoms with Gasteiger partial charge in [-0.25, -0.2) is 4.39 Å². The van der Waals surface area contributed by atoms with E-state index in [1.54, 1.807) is 17.8 Å². The first kappa shape index (κ1) is 14.6. The van der Waals surface area contributed by atoms with E-state index in [2.05, 4.69) is 31.9 Å². The second kappa shape index (κ2) is 6.58. The monoisotopic (exact) mass is 284 g/mol. The molecule has 0 saturated heterocycles. The molecule has 2 heteroatoms. The van der Waals surface area contributed by atoms with Gasteiger partial charge in [-0.2, -0.15) is 0 Å². The molecule has 0 fully saturated rings. The summed E-state index contributed by atoms with van der Waals surface area (Å²) < 4.78 is 13.3. The number of benzene rings is 2. The van der Waals surface area contributed by atoms with Gasteiger partial charge in [0.25, 0.3) is 0 Å². The van der Waals surface area contributed by atoms with Crippen molar-refractivity contribution >= 4 is 17.3 Å². The molecular formula is C18H17FS. The first-order valence-electron chi connectivity index (χ1n) is 6.42. The van der Waals surface area contributed by atoms with Crippen molar-refractivity contribution < 1.29 is 4.39 Å². The Labute approximate surface area is 124 Å². The third-order valence-corrected chi connectivity index (χ3v) is 4.01. The Balaban J connectivity index is 2.37. The molecule has 2 rings (SSSR count). The van der Waals surface area contributed by atoms with Gasteiger partial charge in [-0.1, -0.05) is 54.2 Å². The van der Waals surface area contributed by atoms with E-state index in [0.29, 0.717) is 0 Å². The van der Waals surface area contributed by atoms with Gasteiger partial charge in [0.2, 0.25) is 0 Å². The Morgan fingerprint density at radius 1 is 1.10 bits per heavy atom. The average Bonchev–Trinajstić information content (AvgIpc) is 2.44. The van der Waals surface area contributed by atoms with E-state index in [1.807, 2.05) is 24.3 Å². The predicted octanol–water partition coefficient (Wildman–Crippen LogP) is 5.90. The molecule has 20 heavy (non-hydrogen) atoms. The molecule has 0 atom stereocenters. The zero-order chi connectivity index (χ0) is 14.5. The van der Waals surface area contributed by atoms with Gasteiger partial charge < -0.3 is 0 Å². The second-order valence-corrected chi connectivity index (χ2v) is 5.71. The van der Waals surface area contributed by atoms with Crippen molar-refractivity contribution in [1.29, 1.82) is 0 Å². The van der Waals surface area contributed by atoms with Gasteiger partial charge in [0.05, 0.1) is 0 Å². The van der Waals surface area contributed by atoms with Crippen molar-refractivity contribution in [2.45, 2.75) is 18.7 Å². The lowest BCUT2D eigenvalue weighted by Crippen LogP contribution is -1.89. The molecular weight excluding hydrogens is 267 g/mol. The summed E-state index contributed by atoms with van der Waals surface area (Å²) in [6, 6.07) is 14.6. The highest BCUT2D eigenvalue weighted by Crippen LogP contribution is 2.32. The topological polar surface area (TPSA) is 0 Å². The van der Waals surface area contributed by atoms with Crippen LogP contribution in [0.2, 0.25) is 0 Å². The second-order valence-electron chi connectivity index (χ2n) is 4.80. The number of halogens is 1. The molecule has 0 nitrogen and oxygen atoms in total. The molecule has 0 unspecified atom stereocenters. The Morgan fingerprint density at radius 2 is 1.85 bits per heavy atom. The van der Waals surface area contributed by atoms with Crippen LogP contribution < -0.4 is 0 Å². The van der Waals surface area contributed by atoms with Crippen LogP contribution in [0, 0.1) is 5.82 Å². The number of hydrogen-bond donors (Lipinski definition) is 0. The van der Waals surface area contributed by atoms with Crippen molar-refractivity contribution in [3.63, 3.8) is 0 Å². The van der Waals surface area contributed by atoms with E-state index < -0.39 is 0 Å². The summed E-state index contributed by atoms with van der Waals surface area (Å²) in [7, 11) is 0. The highest BCUT2D eigenvalue weighted by molar-refractivity contribution is 8.02. The highest BCUT2D eigenvalue weighted by atomic mass is 32.2. The van der Waals surface area contributed by atoms with Crippen LogP contribution in [0.1, 0.15) is 25.0 Å². The normalized spacial score (nSPS) is 10.2. The number of allylic oxidation sites excluding steroid dienone is 1. The predicted molar refractivity (Wildman–Crippen MR) is 86.3 cm³/mol. The van der Waals surface area contributed by atoms with Gasteiger partial charge in [-0.15, -0.1) is 0 Å². The van der Waals surface area contributed by atoms with Gasteiger partial charge in [-0.3, -0.25) is 0 Å². The molecule has 0 aromatic heterocycles. The third kappa shape index (κ3) is 3.61. The molecule has 102 valence electrons. The highest BCUT2D eigenvalue weighted by Gasteiger charge is 2.08. The van der Waals surface area contributed by atoms with Gasteiger partial charge in [-0.05, 0) is 54.2 Å². The zero-order valence-corrected chi connectivity index (χ0v) is 12.5. The minimum atomic E-state index is -0.238. The summed E-state index contributed by atoms with van der Waals surface area (Å²) in [5.74, 6) is -0.238. The Bertz CT molecular complexity index is 652. The summed E-state index contributed by atoms with van der Waals surface area (Å²) in [6.07, 6.45) is 0. The molecule has 0 spiro atoms. The molecule has 2 aromatic rings. The van der Waals surface area contributed by atoms with Gasteiger partial charge in [0, 0.05) is 4.90 Å². The fourth-order valence-corrected chi connectivity index (χ4v) is 2.67. The van der Waals surface area contributed by atoms with E-state index in [-0.39, 0.29) is 5.82 Å². The van der Waals surface area contributed by atoms with Gasteiger partial charge >= 0.3 is 0 Å². The molecule has 2 aromatic carbocycles. The van der Waals surface area contributed by atoms with Crippen molar-refractivity contribution in [2.24, 2.45) is 0 Å². The zero-order valence-electron chi connectivity index (χ0n) is 11.7. The minimum Gasteiger partial charge on any atom is -0.207 e. The first-order valence-corrected chi connectivity index (χ1v) is 7.30. The third-order valence-electron chi connectivity index (χ3n) is 2.81. The van der Waals surface area contributed by atoms with Crippen LogP contribution in [0.4, 0.5) is 4.39 Å². The summed E-state index contributed by atoms with van der Waals surface area (Å²) in [4.78, 5) is 1.13. The van der Waals surface area contributed by atoms with Crippen LogP contribution in [0.5, 0.6) is 0 Å². The summed E-state index contributed by atoms with van der Waals surface area (Å²) in [5, 5.41) is 2.11. The molecule has 0 amide bonds. The fraction of sp³-hybridized carbons (Fsp3) is 0.111. The van der Waals surface area contributed by atoms with E-state index >= 15 is 0 Å². The summed E-state index contributed by atoms with van der Waals surface area (Å²) in [5.41, 5.74) is 3.95. The molecule has 0 bridgehead atoms. The quantitative estimate of drug-likeness (QED) is 0.629. The summed E-state index contributed by atoms with van der Waals surface area (Å²) in [6.45, 7) is 8.26. The van der Waals surface area contributed by atoms with Crippen LogP contribution >= 0.6 is 11.8 Å². The van der Waals surface area contributed by atoms with E-state index in [0.717, 1.165) is 21.6 Å². The molecule has 0 heterocycles. The number of rotatable bonds is 4. The van der Waals surface area contributed by atoms with E-state index in [1.165, 1.54) is 17.7 Å². The van der Waals surface area contributed by atoms with Crippen LogP contribution in [0.25, 0.3) is 5.57 Å². The lowest BCUT2D eigenvalue weighted by atomic mass is 9.99. The molecule has 0 aliphatic rings. The van der Waals surface area contributed by atoms with Crippen LogP contribution in [0.15, 0.2) is 71.0 Å². The molecule has 0 aliphatic carbocycles. The molecule has 0 aliphatic heterocycles. The average molecular weight is 284 g/mol. The standard InChI is InChI=1S/C18H17FS/c1-13(2)12-20-18-10-5-4-9-17(18)14(3)15-7-6-8-16(19)11-15/h4-12H,3H2,1-2H3. The van der Waals surface area contributed by atoms with Crippen LogP contribution in [0.3, 0.4) is 0 Å². The molecule has 0 radical (unpaired) electrons. The lowest BCUT2D eigenvalue weighted by molar-refractivity contribution is 0.627. The van der Waals surface area contributed by atoms with Crippen molar-refractivity contribution in [1.82, 2.24) is 0 Å². The SMILES string of the molecule is C=C(c1cccc(F)c1)c1ccccc1SC=C(C)C. The van der Waals surface area contributed by atoms with Gasteiger partial charge in [0.15, 0.2) is 0 Å². The van der Waals surface area contributed by atoms with Crippen molar-refractivity contribution in [3.8, 4) is 0 Å². The number of thioether (sulfide) groups is 1. The van der Waals surface area contributed by atoms with Crippen molar-refractivity contribution in [3.05, 3.63) is 83.0 Å². The van der Waals surface area contributed by atoms with Gasteiger partial charge in [0.1, 0.15) is 5.82 Å². The Morgan fingerprint density at radius 3 is 2.55 bits per heavy atom. The summed E-state index contributed by atoms with van der Waals surface area (Å²) >= 11 is 1.67. The maximum Gasteiger partial charge on any atom is 0.123 e. The maximum atomic E-state index is 13.3. The maximum absolute atomic E-state index is 13.3. The smallest absolute Gasteiger partial charge is 0.123 e. The molecule has 0 N–H and O–H groups in total.